The maximum atomic E-state index is 15.9. The van der Waals surface area contributed by atoms with Crippen LogP contribution >= 0.6 is 11.6 Å². The van der Waals surface area contributed by atoms with Gasteiger partial charge in [0.25, 0.3) is 5.91 Å². The summed E-state index contributed by atoms with van der Waals surface area (Å²) in [6.07, 6.45) is -1.12. The second-order valence-corrected chi connectivity index (χ2v) is 15.8. The van der Waals surface area contributed by atoms with Gasteiger partial charge in [-0.3, -0.25) is 15.0 Å². The van der Waals surface area contributed by atoms with Crippen LogP contribution in [-0.2, 0) is 9.53 Å². The number of piperazine rings is 1. The van der Waals surface area contributed by atoms with E-state index in [-0.39, 0.29) is 72.3 Å². The zero-order valence-electron chi connectivity index (χ0n) is 28.1. The molecule has 3 N–H and O–H groups in total. The van der Waals surface area contributed by atoms with Gasteiger partial charge in [0, 0.05) is 61.1 Å². The Labute approximate surface area is 282 Å². The van der Waals surface area contributed by atoms with Crippen LogP contribution in [0.1, 0.15) is 66.2 Å². The number of hydrogen-bond donors (Lipinski definition) is 3. The van der Waals surface area contributed by atoms with E-state index in [0.717, 1.165) is 19.4 Å². The van der Waals surface area contributed by atoms with Crippen molar-refractivity contribution in [3.63, 3.8) is 0 Å². The van der Waals surface area contributed by atoms with Crippen LogP contribution in [0, 0.1) is 35.0 Å². The highest BCUT2D eigenvalue weighted by Crippen LogP contribution is 2.44. The molecule has 6 fully saturated rings. The third-order valence-electron chi connectivity index (χ3n) is 12.0. The van der Waals surface area contributed by atoms with Crippen LogP contribution in [-0.4, -0.2) is 119 Å². The Kier molecular flexibility index (Phi) is 10.4. The smallest absolute Gasteiger partial charge is 0.320 e. The van der Waals surface area contributed by atoms with Crippen LogP contribution in [0.5, 0.6) is 0 Å². The van der Waals surface area contributed by atoms with Gasteiger partial charge in [0.15, 0.2) is 0 Å². The van der Waals surface area contributed by atoms with Crippen LogP contribution in [0.3, 0.4) is 0 Å². The maximum Gasteiger partial charge on any atom is 0.320 e. The number of nitriles is 1. The number of rotatable bonds is 3. The molecule has 6 rings (SSSR count). The van der Waals surface area contributed by atoms with Crippen LogP contribution < -0.4 is 16.0 Å². The Bertz CT molecular complexity index is 1240. The van der Waals surface area contributed by atoms with E-state index in [2.05, 4.69) is 41.3 Å². The highest BCUT2D eigenvalue weighted by atomic mass is 35.5. The van der Waals surface area contributed by atoms with Crippen LogP contribution in [0.2, 0.25) is 0 Å². The third kappa shape index (κ3) is 6.40. The van der Waals surface area contributed by atoms with Gasteiger partial charge in [0.05, 0.1) is 24.5 Å². The van der Waals surface area contributed by atoms with Crippen molar-refractivity contribution >= 4 is 23.5 Å². The summed E-state index contributed by atoms with van der Waals surface area (Å²) in [4.78, 5) is 33.5. The van der Waals surface area contributed by atoms with Crippen molar-refractivity contribution in [3.05, 3.63) is 12.2 Å². The van der Waals surface area contributed by atoms with Gasteiger partial charge in [0.1, 0.15) is 24.0 Å². The molecular formula is C34H52ClF2N7O3. The molecule has 0 radical (unpaired) electrons. The molecule has 10 nitrogen and oxygen atoms in total. The van der Waals surface area contributed by atoms with Crippen molar-refractivity contribution in [3.8, 4) is 6.07 Å². The van der Waals surface area contributed by atoms with E-state index in [4.69, 9.17) is 16.3 Å². The second kappa shape index (κ2) is 14.1. The molecule has 6 aliphatic rings. The van der Waals surface area contributed by atoms with Gasteiger partial charge < -0.3 is 25.2 Å². The standard InChI is InChI=1S/C34H52ClF2N7O3/c1-17(2)27-29-21(10-11-39-27)7-6-12-47-30-25(37)9-8-24(36)26(30)28-23(35)13-22-31(41-34(46)44(29)32(22)40-28)42-15-20(5)43(16-19(42)4)33(45)18(3)14-38/h17,19-32,39-40H,3,6-13,15-16H2,1-2,4-5H3,(H,41,46)/t19-,20+,21?,22?,23?,24?,25?,26?,27?,28?,29?,30?,31?,32?/m0/s1. The van der Waals surface area contributed by atoms with Gasteiger partial charge in [-0.1, -0.05) is 20.4 Å². The molecule has 47 heavy (non-hydrogen) atoms. The van der Waals surface area contributed by atoms with E-state index in [1.54, 1.807) is 4.90 Å². The number of halogens is 3. The van der Waals surface area contributed by atoms with E-state index in [1.165, 1.54) is 0 Å². The normalized spacial score (nSPS) is 44.6. The molecule has 13 heteroatoms. The minimum atomic E-state index is -1.27. The van der Waals surface area contributed by atoms with Crippen LogP contribution in [0.4, 0.5) is 13.6 Å². The molecule has 1 saturated carbocycles. The maximum absolute atomic E-state index is 15.9. The number of piperidine rings is 2. The Balaban J connectivity index is 1.38. The van der Waals surface area contributed by atoms with Crippen molar-refractivity contribution in [1.82, 2.24) is 30.7 Å². The quantitative estimate of drug-likeness (QED) is 0.238. The summed E-state index contributed by atoms with van der Waals surface area (Å²) in [7, 11) is 0. The fourth-order valence-corrected chi connectivity index (χ4v) is 10.2. The van der Waals surface area contributed by atoms with Crippen LogP contribution in [0.25, 0.3) is 0 Å². The first kappa shape index (κ1) is 34.8. The van der Waals surface area contributed by atoms with E-state index >= 15 is 8.78 Å². The van der Waals surface area contributed by atoms with Gasteiger partial charge >= 0.3 is 6.03 Å². The zero-order valence-corrected chi connectivity index (χ0v) is 28.8. The predicted molar refractivity (Wildman–Crippen MR) is 175 cm³/mol. The third-order valence-corrected chi connectivity index (χ3v) is 12.5. The molecular weight excluding hydrogens is 628 g/mol. The number of carbonyl (C=O) groups excluding carboxylic acids is 2. The largest absolute Gasteiger partial charge is 0.375 e. The minimum Gasteiger partial charge on any atom is -0.375 e. The van der Waals surface area contributed by atoms with Crippen molar-refractivity contribution in [2.75, 3.05) is 26.2 Å². The molecule has 5 aliphatic heterocycles. The summed E-state index contributed by atoms with van der Waals surface area (Å²) in [5.41, 5.74) is -0.0955. The first-order chi connectivity index (χ1) is 22.4. The highest BCUT2D eigenvalue weighted by molar-refractivity contribution is 6.21. The predicted octanol–water partition coefficient (Wildman–Crippen LogP) is 3.52. The fourth-order valence-electron chi connectivity index (χ4n) is 9.73. The van der Waals surface area contributed by atoms with E-state index in [1.807, 2.05) is 24.8 Å². The second-order valence-electron chi connectivity index (χ2n) is 15.2. The number of carbonyl (C=O) groups is 2. The minimum absolute atomic E-state index is 0.0582. The average molecular weight is 680 g/mol. The fraction of sp³-hybridized carbons (Fsp3) is 0.853. The van der Waals surface area contributed by atoms with E-state index in [0.29, 0.717) is 32.5 Å². The van der Waals surface area contributed by atoms with Crippen molar-refractivity contribution in [2.45, 2.75) is 133 Å². The topological polar surface area (TPSA) is 113 Å². The SMILES string of the molecule is C=C(C#N)C(=O)N1C[C@H](C)N(C2NC(=O)N3C4NC(C(Cl)CC42)C2C(F)CCC(F)C2OCCCC2CCNC(C(C)C)C23)C[C@H]1C. The molecule has 5 saturated heterocycles. The number of fused-ring (bicyclic) bond motifs is 5. The van der Waals surface area contributed by atoms with Gasteiger partial charge in [-0.05, 0) is 70.8 Å². The van der Waals surface area contributed by atoms with E-state index in [9.17, 15) is 14.9 Å². The Morgan fingerprint density at radius 2 is 1.85 bits per heavy atom. The Hall–Kier alpha value is -2.04. The number of ether oxygens (including phenoxy) is 1. The molecule has 262 valence electrons. The van der Waals surface area contributed by atoms with Crippen molar-refractivity contribution in [2.24, 2.45) is 23.7 Å². The lowest BCUT2D eigenvalue weighted by Gasteiger charge is -2.61. The summed E-state index contributed by atoms with van der Waals surface area (Å²) in [6.45, 7) is 14.0. The molecule has 5 heterocycles. The van der Waals surface area contributed by atoms with Gasteiger partial charge in [-0.15, -0.1) is 11.6 Å². The van der Waals surface area contributed by atoms with Gasteiger partial charge in [-0.2, -0.15) is 5.26 Å². The molecule has 1 aliphatic carbocycles. The molecule has 0 aromatic carbocycles. The lowest BCUT2D eigenvalue weighted by molar-refractivity contribution is -0.138. The Morgan fingerprint density at radius 3 is 2.57 bits per heavy atom. The van der Waals surface area contributed by atoms with E-state index < -0.39 is 48.1 Å². The number of alkyl halides is 3. The van der Waals surface area contributed by atoms with Gasteiger partial charge in [0.2, 0.25) is 0 Å². The summed E-state index contributed by atoms with van der Waals surface area (Å²) < 4.78 is 37.7. The molecule has 3 amide bonds. The lowest BCUT2D eigenvalue weighted by atomic mass is 9.72. The van der Waals surface area contributed by atoms with Crippen LogP contribution in [0.15, 0.2) is 12.2 Å². The highest BCUT2D eigenvalue weighted by Gasteiger charge is 2.58. The number of urea groups is 1. The number of nitrogens with zero attached hydrogens (tertiary/aromatic N) is 4. The summed E-state index contributed by atoms with van der Waals surface area (Å²) in [5, 5.41) is 19.6. The van der Waals surface area contributed by atoms with Crippen molar-refractivity contribution < 1.29 is 23.1 Å². The summed E-state index contributed by atoms with van der Waals surface area (Å²) >= 11 is 7.23. The average Bonchev–Trinajstić information content (AvgIpc) is 3.04. The summed E-state index contributed by atoms with van der Waals surface area (Å²) in [5.74, 6) is -0.842. The molecule has 0 aromatic heterocycles. The first-order valence-electron chi connectivity index (χ1n) is 17.7. The van der Waals surface area contributed by atoms with Gasteiger partial charge in [-0.25, -0.2) is 13.6 Å². The molecule has 12 unspecified atom stereocenters. The summed E-state index contributed by atoms with van der Waals surface area (Å²) in [6, 6.07) is 0.698. The molecule has 0 aromatic rings. The Morgan fingerprint density at radius 1 is 1.11 bits per heavy atom. The monoisotopic (exact) mass is 679 g/mol. The number of nitrogens with one attached hydrogen (secondary N) is 3. The van der Waals surface area contributed by atoms with Crippen molar-refractivity contribution in [1.29, 1.82) is 5.26 Å². The molecule has 2 bridgehead atoms. The number of hydrogen-bond acceptors (Lipinski definition) is 7. The first-order valence-corrected chi connectivity index (χ1v) is 18.1. The lowest BCUT2D eigenvalue weighted by Crippen LogP contribution is -2.80. The molecule has 14 atom stereocenters. The number of amides is 3. The molecule has 0 spiro atoms. The zero-order chi connectivity index (χ0) is 33.7.